The molecule has 0 aromatic heterocycles. The minimum Gasteiger partial charge on any atom is -0.314 e. The van der Waals surface area contributed by atoms with Gasteiger partial charge in [0.1, 0.15) is 6.29 Å². The molecule has 0 radical (unpaired) electrons. The summed E-state index contributed by atoms with van der Waals surface area (Å²) in [5.74, 6) is 1.21. The lowest BCUT2D eigenvalue weighted by atomic mass is 9.75. The van der Waals surface area contributed by atoms with Gasteiger partial charge in [0.25, 0.3) is 0 Å². The summed E-state index contributed by atoms with van der Waals surface area (Å²) in [6.07, 6.45) is 7.34. The van der Waals surface area contributed by atoms with E-state index >= 15 is 0 Å². The first kappa shape index (κ1) is 8.24. The van der Waals surface area contributed by atoms with Gasteiger partial charge in [-0.3, -0.25) is 0 Å². The van der Waals surface area contributed by atoms with Crippen LogP contribution >= 0.6 is 0 Å². The second-order valence-corrected chi connectivity index (χ2v) is 4.17. The molecule has 2 nitrogen and oxygen atoms in total. The van der Waals surface area contributed by atoms with Gasteiger partial charge in [0.05, 0.1) is 0 Å². The quantitative estimate of drug-likeness (QED) is 0.597. The fourth-order valence-corrected chi connectivity index (χ4v) is 2.64. The molecule has 0 spiro atoms. The van der Waals surface area contributed by atoms with Gasteiger partial charge in [-0.25, -0.2) is 0 Å². The van der Waals surface area contributed by atoms with E-state index in [1.165, 1.54) is 19.3 Å². The topological polar surface area (TPSA) is 29.1 Å². The van der Waals surface area contributed by atoms with Crippen LogP contribution in [0, 0.1) is 11.8 Å². The SMILES string of the molecule is O=CC1CCC2CCCNC2C1. The lowest BCUT2D eigenvalue weighted by molar-refractivity contribution is -0.112. The Morgan fingerprint density at radius 2 is 2.17 bits per heavy atom. The van der Waals surface area contributed by atoms with E-state index in [4.69, 9.17) is 0 Å². The molecule has 68 valence electrons. The Labute approximate surface area is 73.7 Å². The molecule has 2 heteroatoms. The largest absolute Gasteiger partial charge is 0.314 e. The van der Waals surface area contributed by atoms with Crippen LogP contribution in [0.2, 0.25) is 0 Å². The van der Waals surface area contributed by atoms with Crippen molar-refractivity contribution in [1.82, 2.24) is 5.32 Å². The molecule has 0 aromatic carbocycles. The molecule has 1 heterocycles. The zero-order valence-electron chi connectivity index (χ0n) is 7.46. The Morgan fingerprint density at radius 1 is 1.25 bits per heavy atom. The van der Waals surface area contributed by atoms with Crippen LogP contribution in [0.5, 0.6) is 0 Å². The molecule has 3 atom stereocenters. The fraction of sp³-hybridized carbons (Fsp3) is 0.900. The number of hydrogen-bond donors (Lipinski definition) is 1. The van der Waals surface area contributed by atoms with Crippen molar-refractivity contribution in [1.29, 1.82) is 0 Å². The molecule has 1 saturated carbocycles. The lowest BCUT2D eigenvalue weighted by Gasteiger charge is -2.38. The maximum Gasteiger partial charge on any atom is 0.123 e. The maximum absolute atomic E-state index is 10.6. The van der Waals surface area contributed by atoms with E-state index in [0.717, 1.165) is 31.6 Å². The van der Waals surface area contributed by atoms with Crippen LogP contribution < -0.4 is 5.32 Å². The Balaban J connectivity index is 1.93. The molecule has 0 amide bonds. The van der Waals surface area contributed by atoms with Crippen molar-refractivity contribution in [3.05, 3.63) is 0 Å². The van der Waals surface area contributed by atoms with Crippen molar-refractivity contribution in [2.45, 2.75) is 38.1 Å². The summed E-state index contributed by atoms with van der Waals surface area (Å²) < 4.78 is 0. The average molecular weight is 167 g/mol. The second kappa shape index (κ2) is 3.56. The van der Waals surface area contributed by atoms with E-state index in [-0.39, 0.29) is 0 Å². The van der Waals surface area contributed by atoms with Crippen LogP contribution in [0.15, 0.2) is 0 Å². The molecule has 12 heavy (non-hydrogen) atoms. The van der Waals surface area contributed by atoms with Crippen LogP contribution in [0.4, 0.5) is 0 Å². The van der Waals surface area contributed by atoms with E-state index in [1.54, 1.807) is 0 Å². The number of carbonyl (C=O) groups is 1. The van der Waals surface area contributed by atoms with Crippen LogP contribution in [-0.4, -0.2) is 18.9 Å². The molecule has 0 aromatic rings. The van der Waals surface area contributed by atoms with Gasteiger partial charge < -0.3 is 10.1 Å². The maximum atomic E-state index is 10.6. The number of fused-ring (bicyclic) bond motifs is 1. The van der Waals surface area contributed by atoms with Crippen molar-refractivity contribution in [2.75, 3.05) is 6.54 Å². The number of aldehydes is 1. The van der Waals surface area contributed by atoms with Gasteiger partial charge in [0, 0.05) is 12.0 Å². The van der Waals surface area contributed by atoms with Gasteiger partial charge in [-0.15, -0.1) is 0 Å². The predicted octanol–water partition coefficient (Wildman–Crippen LogP) is 1.35. The van der Waals surface area contributed by atoms with E-state index < -0.39 is 0 Å². The molecule has 1 aliphatic heterocycles. The second-order valence-electron chi connectivity index (χ2n) is 4.17. The summed E-state index contributed by atoms with van der Waals surface area (Å²) in [6.45, 7) is 1.16. The minimum absolute atomic E-state index is 0.344. The zero-order chi connectivity index (χ0) is 8.39. The highest BCUT2D eigenvalue weighted by atomic mass is 16.1. The fourth-order valence-electron chi connectivity index (χ4n) is 2.64. The van der Waals surface area contributed by atoms with Gasteiger partial charge >= 0.3 is 0 Å². The van der Waals surface area contributed by atoms with Crippen LogP contribution in [0.1, 0.15) is 32.1 Å². The van der Waals surface area contributed by atoms with E-state index in [9.17, 15) is 4.79 Å². The molecule has 0 bridgehead atoms. The Hall–Kier alpha value is -0.370. The van der Waals surface area contributed by atoms with E-state index in [0.29, 0.717) is 12.0 Å². The van der Waals surface area contributed by atoms with Crippen molar-refractivity contribution in [3.63, 3.8) is 0 Å². The van der Waals surface area contributed by atoms with Crippen LogP contribution in [-0.2, 0) is 4.79 Å². The smallest absolute Gasteiger partial charge is 0.123 e. The molecule has 2 fully saturated rings. The molecule has 1 N–H and O–H groups in total. The Morgan fingerprint density at radius 3 is 3.00 bits per heavy atom. The Kier molecular flexibility index (Phi) is 2.45. The van der Waals surface area contributed by atoms with Crippen molar-refractivity contribution < 1.29 is 4.79 Å². The Bertz CT molecular complexity index is 169. The number of carbonyl (C=O) groups excluding carboxylic acids is 1. The number of rotatable bonds is 1. The summed E-state index contributed by atoms with van der Waals surface area (Å²) in [5.41, 5.74) is 0. The first-order valence-corrected chi connectivity index (χ1v) is 5.09. The molecular formula is C10H17NO. The number of piperidine rings is 1. The molecule has 2 aliphatic rings. The average Bonchev–Trinajstić information content (AvgIpc) is 2.17. The highest BCUT2D eigenvalue weighted by Gasteiger charge is 2.31. The first-order valence-electron chi connectivity index (χ1n) is 5.09. The van der Waals surface area contributed by atoms with Crippen LogP contribution in [0.3, 0.4) is 0 Å². The standard InChI is InChI=1S/C10H17NO/c12-7-8-3-4-9-2-1-5-11-10(9)6-8/h7-11H,1-6H2. The first-order chi connectivity index (χ1) is 5.90. The third kappa shape index (κ3) is 1.53. The summed E-state index contributed by atoms with van der Waals surface area (Å²) in [7, 11) is 0. The minimum atomic E-state index is 0.344. The molecule has 1 aliphatic carbocycles. The predicted molar refractivity (Wildman–Crippen MR) is 47.9 cm³/mol. The lowest BCUT2D eigenvalue weighted by Crippen LogP contribution is -2.45. The monoisotopic (exact) mass is 167 g/mol. The van der Waals surface area contributed by atoms with E-state index in [1.807, 2.05) is 0 Å². The molecule has 2 rings (SSSR count). The highest BCUT2D eigenvalue weighted by molar-refractivity contribution is 5.53. The number of nitrogens with one attached hydrogen (secondary N) is 1. The summed E-state index contributed by atoms with van der Waals surface area (Å²) in [4.78, 5) is 10.6. The zero-order valence-corrected chi connectivity index (χ0v) is 7.46. The molecule has 1 saturated heterocycles. The third-order valence-corrected chi connectivity index (χ3v) is 3.38. The highest BCUT2D eigenvalue weighted by Crippen LogP contribution is 2.32. The van der Waals surface area contributed by atoms with Crippen molar-refractivity contribution >= 4 is 6.29 Å². The summed E-state index contributed by atoms with van der Waals surface area (Å²) >= 11 is 0. The van der Waals surface area contributed by atoms with Crippen LogP contribution in [0.25, 0.3) is 0 Å². The summed E-state index contributed by atoms with van der Waals surface area (Å²) in [6, 6.07) is 0.655. The van der Waals surface area contributed by atoms with Crippen molar-refractivity contribution in [3.8, 4) is 0 Å². The van der Waals surface area contributed by atoms with E-state index in [2.05, 4.69) is 5.32 Å². The normalized spacial score (nSPS) is 41.8. The van der Waals surface area contributed by atoms with Gasteiger partial charge in [-0.05, 0) is 44.6 Å². The van der Waals surface area contributed by atoms with Crippen molar-refractivity contribution in [2.24, 2.45) is 11.8 Å². The van der Waals surface area contributed by atoms with Gasteiger partial charge in [-0.2, -0.15) is 0 Å². The van der Waals surface area contributed by atoms with Gasteiger partial charge in [0.15, 0.2) is 0 Å². The van der Waals surface area contributed by atoms with Gasteiger partial charge in [0.2, 0.25) is 0 Å². The summed E-state index contributed by atoms with van der Waals surface area (Å²) in [5, 5.41) is 3.53. The number of hydrogen-bond acceptors (Lipinski definition) is 2. The molecular weight excluding hydrogens is 150 g/mol. The molecule has 3 unspecified atom stereocenters. The third-order valence-electron chi connectivity index (χ3n) is 3.38. The van der Waals surface area contributed by atoms with Gasteiger partial charge in [-0.1, -0.05) is 0 Å².